The highest BCUT2D eigenvalue weighted by Crippen LogP contribution is 2.34. The summed E-state index contributed by atoms with van der Waals surface area (Å²) in [5, 5.41) is 16.2. The number of aliphatic hydroxyl groups is 1. The second-order valence-electron chi connectivity index (χ2n) is 8.85. The fraction of sp³-hybridized carbons (Fsp3) is 0.138. The van der Waals surface area contributed by atoms with Crippen LogP contribution in [0.5, 0.6) is 5.75 Å². The van der Waals surface area contributed by atoms with E-state index in [4.69, 9.17) is 4.74 Å². The van der Waals surface area contributed by atoms with Gasteiger partial charge in [0.2, 0.25) is 0 Å². The molecule has 6 aromatic rings. The van der Waals surface area contributed by atoms with Gasteiger partial charge < -0.3 is 15.2 Å². The number of benzene rings is 3. The van der Waals surface area contributed by atoms with Gasteiger partial charge in [-0.2, -0.15) is 0 Å². The minimum absolute atomic E-state index is 0.0848. The summed E-state index contributed by atoms with van der Waals surface area (Å²) in [5.74, 6) is 0.179. The maximum absolute atomic E-state index is 13.4. The first kappa shape index (κ1) is 22.0. The Morgan fingerprint density at radius 2 is 1.72 bits per heavy atom. The largest absolute Gasteiger partial charge is 0.481 e. The van der Waals surface area contributed by atoms with Crippen LogP contribution in [0, 0.1) is 0 Å². The van der Waals surface area contributed by atoms with Gasteiger partial charge in [-0.1, -0.05) is 48.5 Å². The van der Waals surface area contributed by atoms with E-state index in [1.165, 1.54) is 0 Å². The van der Waals surface area contributed by atoms with E-state index in [-0.39, 0.29) is 18.0 Å². The van der Waals surface area contributed by atoms with E-state index in [1.54, 1.807) is 23.6 Å². The van der Waals surface area contributed by atoms with Crippen molar-refractivity contribution in [2.75, 3.05) is 6.54 Å². The molecule has 0 unspecified atom stereocenters. The van der Waals surface area contributed by atoms with E-state index in [2.05, 4.69) is 10.3 Å². The molecule has 36 heavy (non-hydrogen) atoms. The number of aromatic nitrogens is 2. The predicted octanol–water partition coefficient (Wildman–Crippen LogP) is 4.21. The van der Waals surface area contributed by atoms with Crippen LogP contribution in [-0.4, -0.2) is 33.0 Å². The van der Waals surface area contributed by atoms with E-state index in [0.717, 1.165) is 38.3 Å². The van der Waals surface area contributed by atoms with Crippen LogP contribution in [0.3, 0.4) is 0 Å². The number of carbonyl (C=O) groups is 1. The maximum atomic E-state index is 13.4. The molecule has 2 atom stereocenters. The summed E-state index contributed by atoms with van der Waals surface area (Å²) in [5.41, 5.74) is 2.94. The third-order valence-electron chi connectivity index (χ3n) is 6.60. The van der Waals surface area contributed by atoms with E-state index in [1.807, 2.05) is 72.8 Å². The standard InChI is InChI=1S/C29H23N3O4/c1-17(28(34)31-16-25(33)18-7-3-2-4-8-18)36-19-11-12-24-23(15-19)21-13-14-30-26-20-9-5-6-10-22(20)29(35)32(24)27(21)26/h2-15,17,25,33H,16H2,1H3,(H,31,34)/t17-,25-/m1/s1. The van der Waals surface area contributed by atoms with E-state index >= 15 is 0 Å². The van der Waals surface area contributed by atoms with Crippen molar-refractivity contribution < 1.29 is 14.6 Å². The fourth-order valence-corrected chi connectivity index (χ4v) is 4.81. The summed E-state index contributed by atoms with van der Waals surface area (Å²) < 4.78 is 7.65. The molecule has 3 heterocycles. The monoisotopic (exact) mass is 477 g/mol. The van der Waals surface area contributed by atoms with Crippen LogP contribution < -0.4 is 15.6 Å². The number of pyridine rings is 2. The molecule has 0 saturated carbocycles. The summed E-state index contributed by atoms with van der Waals surface area (Å²) in [6, 6.07) is 24.0. The number of fused-ring (bicyclic) bond motifs is 5. The lowest BCUT2D eigenvalue weighted by atomic mass is 10.1. The van der Waals surface area contributed by atoms with Crippen LogP contribution in [0.25, 0.3) is 38.1 Å². The number of ether oxygens (including phenoxy) is 1. The maximum Gasteiger partial charge on any atom is 0.263 e. The number of hydrogen-bond donors (Lipinski definition) is 2. The zero-order valence-electron chi connectivity index (χ0n) is 19.5. The molecule has 0 aliphatic heterocycles. The predicted molar refractivity (Wildman–Crippen MR) is 140 cm³/mol. The molecule has 1 amide bonds. The van der Waals surface area contributed by atoms with Gasteiger partial charge in [-0.05, 0) is 42.8 Å². The lowest BCUT2D eigenvalue weighted by Gasteiger charge is -2.17. The van der Waals surface area contributed by atoms with Gasteiger partial charge in [0.1, 0.15) is 5.75 Å². The Morgan fingerprint density at radius 1 is 0.972 bits per heavy atom. The molecule has 7 nitrogen and oxygen atoms in total. The van der Waals surface area contributed by atoms with Gasteiger partial charge in [-0.25, -0.2) is 0 Å². The van der Waals surface area contributed by atoms with Gasteiger partial charge in [0.25, 0.3) is 11.5 Å². The van der Waals surface area contributed by atoms with Crippen molar-refractivity contribution in [1.82, 2.24) is 14.7 Å². The third-order valence-corrected chi connectivity index (χ3v) is 6.60. The molecule has 3 aromatic carbocycles. The van der Waals surface area contributed by atoms with Crippen molar-refractivity contribution in [1.29, 1.82) is 0 Å². The van der Waals surface area contributed by atoms with E-state index < -0.39 is 12.2 Å². The summed E-state index contributed by atoms with van der Waals surface area (Å²) in [7, 11) is 0. The number of carbonyl (C=O) groups excluding carboxylic acids is 1. The van der Waals surface area contributed by atoms with E-state index in [0.29, 0.717) is 11.1 Å². The Kier molecular flexibility index (Phi) is 5.27. The van der Waals surface area contributed by atoms with E-state index in [9.17, 15) is 14.7 Å². The van der Waals surface area contributed by atoms with Crippen LogP contribution in [0.2, 0.25) is 0 Å². The molecule has 6 rings (SSSR count). The lowest BCUT2D eigenvalue weighted by molar-refractivity contribution is -0.127. The molecule has 178 valence electrons. The SMILES string of the molecule is C[C@@H](Oc1ccc2c(c1)c1ccnc3c4ccccc4c(=O)n2c13)C(=O)NC[C@@H](O)c1ccccc1. The second kappa shape index (κ2) is 8.62. The minimum Gasteiger partial charge on any atom is -0.481 e. The van der Waals surface area contributed by atoms with Crippen LogP contribution in [-0.2, 0) is 4.79 Å². The zero-order chi connectivity index (χ0) is 24.8. The van der Waals surface area contributed by atoms with Gasteiger partial charge in [0, 0.05) is 34.3 Å². The number of nitrogens with zero attached hydrogens (tertiary/aromatic N) is 2. The first-order valence-electron chi connectivity index (χ1n) is 11.8. The number of amides is 1. The third kappa shape index (κ3) is 3.52. The molecule has 0 spiro atoms. The molecule has 0 saturated heterocycles. The summed E-state index contributed by atoms with van der Waals surface area (Å²) in [6.07, 6.45) is 0.164. The lowest BCUT2D eigenvalue weighted by Crippen LogP contribution is -2.38. The van der Waals surface area contributed by atoms with Crippen molar-refractivity contribution in [3.8, 4) is 5.75 Å². The second-order valence-corrected chi connectivity index (χ2v) is 8.85. The zero-order valence-corrected chi connectivity index (χ0v) is 19.5. The molecule has 0 aliphatic carbocycles. The van der Waals surface area contributed by atoms with Crippen LogP contribution >= 0.6 is 0 Å². The molecular formula is C29H23N3O4. The minimum atomic E-state index is -0.802. The summed E-state index contributed by atoms with van der Waals surface area (Å²) in [4.78, 5) is 30.6. The van der Waals surface area contributed by atoms with Gasteiger partial charge in [-0.3, -0.25) is 19.0 Å². The average Bonchev–Trinajstić information content (AvgIpc) is 3.25. The smallest absolute Gasteiger partial charge is 0.263 e. The topological polar surface area (TPSA) is 92.9 Å². The quantitative estimate of drug-likeness (QED) is 0.351. The Labute approximate surface area is 205 Å². The molecule has 0 aliphatic rings. The molecule has 0 fully saturated rings. The highest BCUT2D eigenvalue weighted by Gasteiger charge is 2.20. The Bertz CT molecular complexity index is 1800. The molecule has 7 heteroatoms. The fourth-order valence-electron chi connectivity index (χ4n) is 4.81. The van der Waals surface area contributed by atoms with Crippen molar-refractivity contribution in [3.63, 3.8) is 0 Å². The van der Waals surface area contributed by atoms with Crippen molar-refractivity contribution >= 4 is 44.0 Å². The summed E-state index contributed by atoms with van der Waals surface area (Å²) >= 11 is 0. The Balaban J connectivity index is 1.31. The molecule has 2 N–H and O–H groups in total. The first-order valence-corrected chi connectivity index (χ1v) is 11.8. The van der Waals surface area contributed by atoms with Crippen molar-refractivity contribution in [2.45, 2.75) is 19.1 Å². The summed E-state index contributed by atoms with van der Waals surface area (Å²) in [6.45, 7) is 1.75. The van der Waals surface area contributed by atoms with Gasteiger partial charge in [0.05, 0.1) is 22.7 Å². The van der Waals surface area contributed by atoms with Gasteiger partial charge in [-0.15, -0.1) is 0 Å². The average molecular weight is 478 g/mol. The number of aliphatic hydroxyl groups excluding tert-OH is 1. The van der Waals surface area contributed by atoms with Crippen LogP contribution in [0.4, 0.5) is 0 Å². The number of nitrogens with one attached hydrogen (secondary N) is 1. The molecule has 0 bridgehead atoms. The molecule has 0 radical (unpaired) electrons. The molecular weight excluding hydrogens is 454 g/mol. The van der Waals surface area contributed by atoms with Gasteiger partial charge >= 0.3 is 0 Å². The Morgan fingerprint density at radius 3 is 2.53 bits per heavy atom. The number of rotatable bonds is 6. The highest BCUT2D eigenvalue weighted by molar-refractivity contribution is 6.18. The number of hydrogen-bond acceptors (Lipinski definition) is 5. The first-order chi connectivity index (χ1) is 17.5. The van der Waals surface area contributed by atoms with Crippen molar-refractivity contribution in [3.05, 3.63) is 101 Å². The normalized spacial score (nSPS) is 13.4. The van der Waals surface area contributed by atoms with Crippen LogP contribution in [0.15, 0.2) is 89.9 Å². The highest BCUT2D eigenvalue weighted by atomic mass is 16.5. The Hall–Kier alpha value is -4.49. The van der Waals surface area contributed by atoms with Crippen molar-refractivity contribution in [2.24, 2.45) is 0 Å². The van der Waals surface area contributed by atoms with Crippen LogP contribution in [0.1, 0.15) is 18.6 Å². The van der Waals surface area contributed by atoms with Gasteiger partial charge in [0.15, 0.2) is 6.10 Å². The molecule has 3 aromatic heterocycles.